The largest absolute Gasteiger partial charge is 0.453 e. The van der Waals surface area contributed by atoms with Crippen LogP contribution in [-0.2, 0) is 21.1 Å². The van der Waals surface area contributed by atoms with Crippen molar-refractivity contribution in [3.63, 3.8) is 0 Å². The number of carbonyl (C=O) groups excluding carboxylic acids is 1. The lowest BCUT2D eigenvalue weighted by Gasteiger charge is -2.23. The fourth-order valence-corrected chi connectivity index (χ4v) is 3.54. The van der Waals surface area contributed by atoms with Gasteiger partial charge in [0.05, 0.1) is 22.6 Å². The van der Waals surface area contributed by atoms with Gasteiger partial charge in [0.2, 0.25) is 5.91 Å². The standard InChI is InChI=1S/C20H18ClF4NO3/c1-4-28-10-19(2)13-9-12(5-6-16(13)26(3)18(19)27)29-17-14(21)7-11(8-15(17)22)20(23,24)25/h5-9H,4,10H2,1-3H3. The Kier molecular flexibility index (Phi) is 5.53. The van der Waals surface area contributed by atoms with Gasteiger partial charge in [-0.1, -0.05) is 11.6 Å². The van der Waals surface area contributed by atoms with Gasteiger partial charge in [-0.05, 0) is 49.7 Å². The molecule has 1 amide bonds. The van der Waals surface area contributed by atoms with E-state index in [1.54, 1.807) is 26.1 Å². The SMILES string of the molecule is CCOCC1(C)C(=O)N(C)c2ccc(Oc3c(F)cc(C(F)(F)F)cc3Cl)cc21. The molecular weight excluding hydrogens is 414 g/mol. The van der Waals surface area contributed by atoms with Gasteiger partial charge in [-0.25, -0.2) is 4.39 Å². The van der Waals surface area contributed by atoms with Crippen LogP contribution in [0.1, 0.15) is 25.0 Å². The predicted octanol–water partition coefficient (Wildman–Crippen LogP) is 5.56. The van der Waals surface area contributed by atoms with E-state index < -0.39 is 33.7 Å². The Morgan fingerprint density at radius 2 is 1.90 bits per heavy atom. The number of likely N-dealkylation sites (N-methyl/N-ethyl adjacent to an activating group) is 1. The second-order valence-corrected chi connectivity index (χ2v) is 7.29. The fraction of sp³-hybridized carbons (Fsp3) is 0.350. The number of carbonyl (C=O) groups is 1. The molecule has 1 aliphatic rings. The number of hydrogen-bond donors (Lipinski definition) is 0. The molecule has 1 atom stereocenters. The van der Waals surface area contributed by atoms with E-state index in [9.17, 15) is 22.4 Å². The van der Waals surface area contributed by atoms with E-state index in [-0.39, 0.29) is 18.3 Å². The van der Waals surface area contributed by atoms with Crippen molar-refractivity contribution in [2.75, 3.05) is 25.2 Å². The summed E-state index contributed by atoms with van der Waals surface area (Å²) >= 11 is 5.83. The first-order valence-electron chi connectivity index (χ1n) is 8.73. The van der Waals surface area contributed by atoms with Crippen molar-refractivity contribution < 1.29 is 31.8 Å². The third kappa shape index (κ3) is 3.79. The minimum absolute atomic E-state index is 0.134. The first-order chi connectivity index (χ1) is 13.5. The molecule has 2 aromatic carbocycles. The average molecular weight is 432 g/mol. The molecule has 0 radical (unpaired) electrons. The highest BCUT2D eigenvalue weighted by Crippen LogP contribution is 2.45. The molecule has 0 bridgehead atoms. The maximum absolute atomic E-state index is 14.3. The van der Waals surface area contributed by atoms with Crippen molar-refractivity contribution in [1.82, 2.24) is 0 Å². The normalized spacial score (nSPS) is 18.9. The molecule has 0 N–H and O–H groups in total. The van der Waals surface area contributed by atoms with Crippen molar-refractivity contribution in [3.8, 4) is 11.5 Å². The van der Waals surface area contributed by atoms with E-state index >= 15 is 0 Å². The number of rotatable bonds is 5. The Labute approximate surface area is 170 Å². The number of anilines is 1. The third-order valence-electron chi connectivity index (χ3n) is 4.84. The summed E-state index contributed by atoms with van der Waals surface area (Å²) < 4.78 is 63.6. The summed E-state index contributed by atoms with van der Waals surface area (Å²) in [6, 6.07) is 5.58. The zero-order valence-electron chi connectivity index (χ0n) is 15.9. The molecule has 1 heterocycles. The molecule has 2 aromatic rings. The summed E-state index contributed by atoms with van der Waals surface area (Å²) in [7, 11) is 1.63. The highest BCUT2D eigenvalue weighted by molar-refractivity contribution is 6.32. The highest BCUT2D eigenvalue weighted by atomic mass is 35.5. The van der Waals surface area contributed by atoms with E-state index in [0.29, 0.717) is 30.0 Å². The minimum atomic E-state index is -4.73. The molecule has 156 valence electrons. The second kappa shape index (κ2) is 7.50. The van der Waals surface area contributed by atoms with Crippen LogP contribution in [0.25, 0.3) is 0 Å². The van der Waals surface area contributed by atoms with Crippen LogP contribution >= 0.6 is 11.6 Å². The first kappa shape index (κ1) is 21.4. The van der Waals surface area contributed by atoms with Crippen LogP contribution in [0.3, 0.4) is 0 Å². The van der Waals surface area contributed by atoms with Crippen LogP contribution in [-0.4, -0.2) is 26.2 Å². The number of benzene rings is 2. The van der Waals surface area contributed by atoms with Gasteiger partial charge in [-0.2, -0.15) is 13.2 Å². The van der Waals surface area contributed by atoms with Crippen molar-refractivity contribution >= 4 is 23.2 Å². The van der Waals surface area contributed by atoms with Gasteiger partial charge in [0.15, 0.2) is 11.6 Å². The number of hydrogen-bond acceptors (Lipinski definition) is 3. The number of nitrogens with zero attached hydrogens (tertiary/aromatic N) is 1. The average Bonchev–Trinajstić information content (AvgIpc) is 2.84. The van der Waals surface area contributed by atoms with Gasteiger partial charge >= 0.3 is 6.18 Å². The van der Waals surface area contributed by atoms with Crippen LogP contribution in [0.5, 0.6) is 11.5 Å². The lowest BCUT2D eigenvalue weighted by molar-refractivity contribution is -0.137. The minimum Gasteiger partial charge on any atom is -0.453 e. The molecule has 0 saturated heterocycles. The number of amides is 1. The molecule has 0 aliphatic carbocycles. The third-order valence-corrected chi connectivity index (χ3v) is 5.12. The number of halogens is 5. The molecular formula is C20H18ClF4NO3. The quantitative estimate of drug-likeness (QED) is 0.582. The van der Waals surface area contributed by atoms with Crippen molar-refractivity contribution in [2.24, 2.45) is 0 Å². The number of ether oxygens (including phenoxy) is 2. The smallest absolute Gasteiger partial charge is 0.416 e. The topological polar surface area (TPSA) is 38.8 Å². The summed E-state index contributed by atoms with van der Waals surface area (Å²) in [4.78, 5) is 14.2. The highest BCUT2D eigenvalue weighted by Gasteiger charge is 2.46. The van der Waals surface area contributed by atoms with Gasteiger partial charge in [-0.3, -0.25) is 4.79 Å². The van der Waals surface area contributed by atoms with Crippen LogP contribution < -0.4 is 9.64 Å². The molecule has 9 heteroatoms. The fourth-order valence-electron chi connectivity index (χ4n) is 3.29. The van der Waals surface area contributed by atoms with Crippen LogP contribution in [0.15, 0.2) is 30.3 Å². The Morgan fingerprint density at radius 1 is 1.21 bits per heavy atom. The molecule has 0 spiro atoms. The molecule has 3 rings (SSSR count). The van der Waals surface area contributed by atoms with Crippen LogP contribution in [0, 0.1) is 5.82 Å². The summed E-state index contributed by atoms with van der Waals surface area (Å²) in [6.45, 7) is 4.09. The predicted molar refractivity (Wildman–Crippen MR) is 100 cm³/mol. The van der Waals surface area contributed by atoms with Crippen LogP contribution in [0.4, 0.5) is 23.2 Å². The number of alkyl halides is 3. The Hall–Kier alpha value is -2.32. The zero-order valence-corrected chi connectivity index (χ0v) is 16.6. The molecule has 4 nitrogen and oxygen atoms in total. The van der Waals surface area contributed by atoms with Crippen molar-refractivity contribution in [3.05, 3.63) is 52.3 Å². The summed E-state index contributed by atoms with van der Waals surface area (Å²) in [5.74, 6) is -1.80. The molecule has 0 aromatic heterocycles. The molecule has 0 fully saturated rings. The van der Waals surface area contributed by atoms with Crippen molar-refractivity contribution in [2.45, 2.75) is 25.4 Å². The molecule has 0 saturated carbocycles. The van der Waals surface area contributed by atoms with E-state index in [1.807, 2.05) is 6.92 Å². The Morgan fingerprint density at radius 3 is 2.48 bits per heavy atom. The van der Waals surface area contributed by atoms with Gasteiger partial charge in [0, 0.05) is 19.3 Å². The molecule has 1 unspecified atom stereocenters. The monoisotopic (exact) mass is 431 g/mol. The van der Waals surface area contributed by atoms with Gasteiger partial charge in [0.1, 0.15) is 5.75 Å². The van der Waals surface area contributed by atoms with E-state index in [0.717, 1.165) is 0 Å². The maximum Gasteiger partial charge on any atom is 0.416 e. The van der Waals surface area contributed by atoms with E-state index in [1.165, 1.54) is 11.0 Å². The van der Waals surface area contributed by atoms with Gasteiger partial charge in [-0.15, -0.1) is 0 Å². The summed E-state index contributed by atoms with van der Waals surface area (Å²) in [5.41, 5.74) is -0.928. The number of fused-ring (bicyclic) bond motifs is 1. The molecule has 1 aliphatic heterocycles. The second-order valence-electron chi connectivity index (χ2n) is 6.88. The lowest BCUT2D eigenvalue weighted by atomic mass is 9.84. The van der Waals surface area contributed by atoms with Crippen molar-refractivity contribution in [1.29, 1.82) is 0 Å². The summed E-state index contributed by atoms with van der Waals surface area (Å²) in [5, 5.41) is -0.511. The Balaban J connectivity index is 1.99. The van der Waals surface area contributed by atoms with E-state index in [4.69, 9.17) is 21.1 Å². The van der Waals surface area contributed by atoms with E-state index in [2.05, 4.69) is 0 Å². The lowest BCUT2D eigenvalue weighted by Crippen LogP contribution is -2.39. The summed E-state index contributed by atoms with van der Waals surface area (Å²) in [6.07, 6.45) is -4.73. The van der Waals surface area contributed by atoms with Gasteiger partial charge < -0.3 is 14.4 Å². The van der Waals surface area contributed by atoms with Crippen LogP contribution in [0.2, 0.25) is 5.02 Å². The first-order valence-corrected chi connectivity index (χ1v) is 9.11. The Bertz CT molecular complexity index is 940. The maximum atomic E-state index is 14.3. The van der Waals surface area contributed by atoms with Gasteiger partial charge in [0.25, 0.3) is 0 Å². The molecule has 29 heavy (non-hydrogen) atoms. The zero-order chi connectivity index (χ0) is 21.6.